The number of aromatic nitrogens is 2. The van der Waals surface area contributed by atoms with E-state index < -0.39 is 22.9 Å². The van der Waals surface area contributed by atoms with Crippen LogP contribution in [-0.2, 0) is 6.18 Å². The molecule has 0 radical (unpaired) electrons. The SMILES string of the molecule is O=c1[nH]c(-c2ccc(-c3c(C(F)(F)F)oc4cc(O)ccc4c3=O)cc2)ns1. The zero-order valence-corrected chi connectivity index (χ0v) is 14.5. The Balaban J connectivity index is 1.94. The first kappa shape index (κ1) is 18.0. The molecule has 0 aliphatic heterocycles. The van der Waals surface area contributed by atoms with E-state index in [4.69, 9.17) is 4.42 Å². The van der Waals surface area contributed by atoms with E-state index in [2.05, 4.69) is 9.36 Å². The number of aromatic amines is 1. The molecule has 0 fully saturated rings. The van der Waals surface area contributed by atoms with Gasteiger partial charge in [-0.05, 0) is 17.7 Å². The number of hydrogen-bond acceptors (Lipinski definition) is 6. The van der Waals surface area contributed by atoms with Gasteiger partial charge in [0.05, 0.1) is 10.9 Å². The molecular formula is C18H9F3N2O4S. The molecule has 0 aliphatic carbocycles. The Morgan fingerprint density at radius 3 is 2.32 bits per heavy atom. The monoisotopic (exact) mass is 406 g/mol. The van der Waals surface area contributed by atoms with Crippen molar-refractivity contribution in [1.29, 1.82) is 0 Å². The minimum atomic E-state index is -4.92. The van der Waals surface area contributed by atoms with Crippen molar-refractivity contribution in [3.8, 4) is 28.3 Å². The van der Waals surface area contributed by atoms with Crippen LogP contribution in [0.1, 0.15) is 5.76 Å². The molecule has 4 aromatic rings. The number of phenolic OH excluding ortho intramolecular Hbond substituents is 1. The first-order valence-corrected chi connectivity index (χ1v) is 8.55. The Hall–Kier alpha value is -3.40. The summed E-state index contributed by atoms with van der Waals surface area (Å²) in [5.41, 5.74) is -1.40. The highest BCUT2D eigenvalue weighted by Gasteiger charge is 2.39. The van der Waals surface area contributed by atoms with Gasteiger partial charge in [-0.1, -0.05) is 24.3 Å². The fourth-order valence-corrected chi connectivity index (χ4v) is 3.26. The second-order valence-electron chi connectivity index (χ2n) is 5.83. The number of halogens is 3. The van der Waals surface area contributed by atoms with Crippen molar-refractivity contribution >= 4 is 22.5 Å². The maximum atomic E-state index is 13.5. The predicted molar refractivity (Wildman–Crippen MR) is 96.3 cm³/mol. The summed E-state index contributed by atoms with van der Waals surface area (Å²) in [5, 5.41) is 9.38. The number of hydrogen-bond donors (Lipinski definition) is 2. The Labute approximate surface area is 157 Å². The van der Waals surface area contributed by atoms with Crippen molar-refractivity contribution in [2.24, 2.45) is 0 Å². The summed E-state index contributed by atoms with van der Waals surface area (Å²) in [4.78, 5) is 26.1. The summed E-state index contributed by atoms with van der Waals surface area (Å²) in [6.45, 7) is 0. The zero-order chi connectivity index (χ0) is 20.1. The van der Waals surface area contributed by atoms with Crippen LogP contribution in [0.5, 0.6) is 5.75 Å². The molecule has 0 aliphatic rings. The molecule has 0 saturated carbocycles. The van der Waals surface area contributed by atoms with Crippen molar-refractivity contribution in [2.75, 3.05) is 0 Å². The molecular weight excluding hydrogens is 397 g/mol. The van der Waals surface area contributed by atoms with Crippen LogP contribution in [0.3, 0.4) is 0 Å². The lowest BCUT2D eigenvalue weighted by molar-refractivity contribution is -0.152. The van der Waals surface area contributed by atoms with E-state index in [-0.39, 0.29) is 33.0 Å². The van der Waals surface area contributed by atoms with Gasteiger partial charge >= 0.3 is 11.0 Å². The first-order chi connectivity index (χ1) is 13.2. The molecule has 2 aromatic heterocycles. The largest absolute Gasteiger partial charge is 0.508 e. The maximum absolute atomic E-state index is 13.5. The summed E-state index contributed by atoms with van der Waals surface area (Å²) in [6.07, 6.45) is -4.92. The van der Waals surface area contributed by atoms with Gasteiger partial charge in [0.25, 0.3) is 0 Å². The summed E-state index contributed by atoms with van der Waals surface area (Å²) in [6, 6.07) is 8.88. The van der Waals surface area contributed by atoms with Crippen molar-refractivity contribution < 1.29 is 22.7 Å². The van der Waals surface area contributed by atoms with Crippen molar-refractivity contribution in [3.63, 3.8) is 0 Å². The maximum Gasteiger partial charge on any atom is 0.450 e. The number of phenols is 1. The molecule has 0 amide bonds. The Morgan fingerprint density at radius 2 is 1.71 bits per heavy atom. The molecule has 142 valence electrons. The van der Waals surface area contributed by atoms with Gasteiger partial charge in [0.1, 0.15) is 11.3 Å². The summed E-state index contributed by atoms with van der Waals surface area (Å²) in [7, 11) is 0. The quantitative estimate of drug-likeness (QED) is 0.525. The lowest BCUT2D eigenvalue weighted by atomic mass is 10.00. The van der Waals surface area contributed by atoms with E-state index in [1.165, 1.54) is 36.4 Å². The normalized spacial score (nSPS) is 11.8. The van der Waals surface area contributed by atoms with Crippen LogP contribution < -0.4 is 10.3 Å². The van der Waals surface area contributed by atoms with Crippen LogP contribution >= 0.6 is 11.5 Å². The number of fused-ring (bicyclic) bond motifs is 1. The molecule has 2 N–H and O–H groups in total. The van der Waals surface area contributed by atoms with Gasteiger partial charge in [-0.2, -0.15) is 17.5 Å². The third-order valence-corrected chi connectivity index (χ3v) is 4.56. The van der Waals surface area contributed by atoms with Crippen LogP contribution in [0.25, 0.3) is 33.5 Å². The predicted octanol–water partition coefficient (Wildman–Crippen LogP) is 4.00. The first-order valence-electron chi connectivity index (χ1n) is 7.78. The van der Waals surface area contributed by atoms with Crippen LogP contribution in [-0.4, -0.2) is 14.5 Å². The molecule has 0 bridgehead atoms. The van der Waals surface area contributed by atoms with Gasteiger partial charge in [-0.25, -0.2) is 0 Å². The van der Waals surface area contributed by atoms with Crippen LogP contribution in [0.2, 0.25) is 0 Å². The lowest BCUT2D eigenvalue weighted by Gasteiger charge is -2.13. The highest BCUT2D eigenvalue weighted by molar-refractivity contribution is 7.03. The molecule has 28 heavy (non-hydrogen) atoms. The Morgan fingerprint density at radius 1 is 1.04 bits per heavy atom. The lowest BCUT2D eigenvalue weighted by Crippen LogP contribution is -2.16. The van der Waals surface area contributed by atoms with Crippen molar-refractivity contribution in [2.45, 2.75) is 6.18 Å². The van der Waals surface area contributed by atoms with Gasteiger partial charge in [-0.3, -0.25) is 14.6 Å². The van der Waals surface area contributed by atoms with E-state index in [9.17, 15) is 27.9 Å². The zero-order valence-electron chi connectivity index (χ0n) is 13.7. The second kappa shape index (κ2) is 6.34. The number of rotatable bonds is 2. The minimum Gasteiger partial charge on any atom is -0.508 e. The van der Waals surface area contributed by atoms with E-state index in [1.54, 1.807) is 0 Å². The molecule has 2 heterocycles. The second-order valence-corrected chi connectivity index (χ2v) is 6.57. The number of benzene rings is 2. The summed E-state index contributed by atoms with van der Waals surface area (Å²) in [5.74, 6) is -1.50. The van der Waals surface area contributed by atoms with Crippen LogP contribution in [0.4, 0.5) is 13.2 Å². The van der Waals surface area contributed by atoms with Gasteiger partial charge in [0.2, 0.25) is 11.2 Å². The minimum absolute atomic E-state index is 0.00243. The molecule has 6 nitrogen and oxygen atoms in total. The number of aromatic hydroxyl groups is 1. The van der Waals surface area contributed by atoms with Crippen LogP contribution in [0, 0.1) is 0 Å². The third kappa shape index (κ3) is 3.07. The average molecular weight is 406 g/mol. The highest BCUT2D eigenvalue weighted by Crippen LogP contribution is 2.38. The molecule has 0 unspecified atom stereocenters. The smallest absolute Gasteiger partial charge is 0.450 e. The van der Waals surface area contributed by atoms with E-state index in [1.807, 2.05) is 0 Å². The number of nitrogens with zero attached hydrogens (tertiary/aromatic N) is 1. The van der Waals surface area contributed by atoms with Gasteiger partial charge in [0.15, 0.2) is 5.82 Å². The Bertz CT molecular complexity index is 1300. The van der Waals surface area contributed by atoms with Gasteiger partial charge < -0.3 is 9.52 Å². The summed E-state index contributed by atoms with van der Waals surface area (Å²) < 4.78 is 49.5. The number of nitrogens with one attached hydrogen (secondary N) is 1. The fourth-order valence-electron chi connectivity index (χ4n) is 2.79. The van der Waals surface area contributed by atoms with E-state index in [0.717, 1.165) is 6.07 Å². The topological polar surface area (TPSA) is 96.2 Å². The van der Waals surface area contributed by atoms with Gasteiger partial charge in [0, 0.05) is 23.2 Å². The van der Waals surface area contributed by atoms with Gasteiger partial charge in [-0.15, -0.1) is 0 Å². The molecule has 0 atom stereocenters. The highest BCUT2D eigenvalue weighted by atomic mass is 32.1. The number of alkyl halides is 3. The Kier molecular flexibility index (Phi) is 4.07. The molecule has 10 heteroatoms. The summed E-state index contributed by atoms with van der Waals surface area (Å²) >= 11 is 0.715. The molecule has 0 spiro atoms. The van der Waals surface area contributed by atoms with Crippen molar-refractivity contribution in [3.05, 3.63) is 68.1 Å². The molecule has 0 saturated heterocycles. The molecule has 2 aromatic carbocycles. The van der Waals surface area contributed by atoms with Crippen molar-refractivity contribution in [1.82, 2.24) is 9.36 Å². The molecule has 4 rings (SSSR count). The third-order valence-electron chi connectivity index (χ3n) is 4.02. The van der Waals surface area contributed by atoms with E-state index in [0.29, 0.717) is 17.1 Å². The van der Waals surface area contributed by atoms with E-state index >= 15 is 0 Å². The van der Waals surface area contributed by atoms with Crippen LogP contribution in [0.15, 0.2) is 56.5 Å². The fraction of sp³-hybridized carbons (Fsp3) is 0.0556. The number of H-pyrrole nitrogens is 1. The average Bonchev–Trinajstić information content (AvgIpc) is 3.07. The standard InChI is InChI=1S/C18H9F3N2O4S/c19-18(20,21)15-13(14(25)11-6-5-10(24)7-12(11)27-15)8-1-3-9(4-2-8)16-22-17(26)28-23-16/h1-7,24H,(H,22,23,26).